The fraction of sp³-hybridized carbons (Fsp3) is 1.00. The van der Waals surface area contributed by atoms with Crippen LogP contribution in [0.5, 0.6) is 0 Å². The lowest BCUT2D eigenvalue weighted by atomic mass is 9.98. The fourth-order valence-electron chi connectivity index (χ4n) is 2.95. The van der Waals surface area contributed by atoms with Gasteiger partial charge in [0.25, 0.3) is 0 Å². The van der Waals surface area contributed by atoms with E-state index < -0.39 is 12.8 Å². The lowest BCUT2D eigenvalue weighted by Crippen LogP contribution is -2.24. The van der Waals surface area contributed by atoms with Gasteiger partial charge in [-0.25, -0.2) is 8.78 Å². The Morgan fingerprint density at radius 2 is 1.33 bits per heavy atom. The molecule has 0 rings (SSSR count). The molecule has 1 nitrogen and oxygen atoms in total. The molecule has 0 saturated carbocycles. The van der Waals surface area contributed by atoms with E-state index in [4.69, 9.17) is 4.74 Å². The summed E-state index contributed by atoms with van der Waals surface area (Å²) in [5.74, 6) is 0.826. The van der Waals surface area contributed by atoms with Crippen LogP contribution in [-0.2, 0) is 4.74 Å². The van der Waals surface area contributed by atoms with Crippen LogP contribution in [0, 0.1) is 5.92 Å². The summed E-state index contributed by atoms with van der Waals surface area (Å²) in [6.45, 7) is 8.95. The van der Waals surface area contributed by atoms with Gasteiger partial charge in [0.05, 0.1) is 5.60 Å². The molecule has 0 aliphatic rings. The number of hydrogen-bond donors (Lipinski definition) is 0. The van der Waals surface area contributed by atoms with Crippen molar-refractivity contribution in [2.75, 3.05) is 13.3 Å². The van der Waals surface area contributed by atoms with Crippen molar-refractivity contribution in [1.82, 2.24) is 0 Å². The molecule has 1 atom stereocenters. The van der Waals surface area contributed by atoms with E-state index in [-0.39, 0.29) is 5.60 Å². The van der Waals surface area contributed by atoms with E-state index in [1.807, 2.05) is 0 Å². The molecule has 0 radical (unpaired) electrons. The van der Waals surface area contributed by atoms with Crippen LogP contribution in [-0.4, -0.2) is 25.1 Å². The van der Waals surface area contributed by atoms with Crippen molar-refractivity contribution in [2.45, 2.75) is 117 Å². The molecule has 146 valence electrons. The Morgan fingerprint density at radius 1 is 0.792 bits per heavy atom. The van der Waals surface area contributed by atoms with E-state index >= 15 is 0 Å². The molecule has 0 aromatic carbocycles. The van der Waals surface area contributed by atoms with E-state index in [0.717, 1.165) is 51.0 Å². The first-order chi connectivity index (χ1) is 11.4. The van der Waals surface area contributed by atoms with Gasteiger partial charge in [0.2, 0.25) is 0 Å². The Bertz CT molecular complexity index is 267. The summed E-state index contributed by atoms with van der Waals surface area (Å²) < 4.78 is 30.7. The first-order valence-electron chi connectivity index (χ1n) is 10.2. The van der Waals surface area contributed by atoms with Gasteiger partial charge in [-0.05, 0) is 39.0 Å². The maximum Gasteiger partial charge on any atom is 0.128 e. The van der Waals surface area contributed by atoms with E-state index in [1.54, 1.807) is 0 Å². The second kappa shape index (κ2) is 15.1. The van der Waals surface area contributed by atoms with Crippen LogP contribution >= 0.6 is 0 Å². The molecule has 0 saturated heterocycles. The largest absolute Gasteiger partial charge is 0.376 e. The smallest absolute Gasteiger partial charge is 0.128 e. The standard InChI is InChI=1S/C21H42F2O/c1-19(2)14-10-7-8-12-16-21(3,4)24-17-13-9-5-6-11-15-20(23)18-22/h19-20H,5-18H2,1-4H3. The molecule has 1 unspecified atom stereocenters. The summed E-state index contributed by atoms with van der Waals surface area (Å²) in [6, 6.07) is 0. The van der Waals surface area contributed by atoms with Crippen molar-refractivity contribution in [2.24, 2.45) is 5.92 Å². The molecule has 24 heavy (non-hydrogen) atoms. The van der Waals surface area contributed by atoms with Crippen LogP contribution in [0.25, 0.3) is 0 Å². The monoisotopic (exact) mass is 348 g/mol. The summed E-state index contributed by atoms with van der Waals surface area (Å²) in [5.41, 5.74) is -0.0133. The molecule has 0 aliphatic heterocycles. The van der Waals surface area contributed by atoms with Gasteiger partial charge in [-0.2, -0.15) is 0 Å². The normalized spacial score (nSPS) is 13.6. The minimum Gasteiger partial charge on any atom is -0.376 e. The van der Waals surface area contributed by atoms with Crippen molar-refractivity contribution in [1.29, 1.82) is 0 Å². The topological polar surface area (TPSA) is 9.23 Å². The van der Waals surface area contributed by atoms with Crippen molar-refractivity contribution in [3.63, 3.8) is 0 Å². The number of rotatable bonds is 17. The average Bonchev–Trinajstić information content (AvgIpc) is 2.52. The van der Waals surface area contributed by atoms with Crippen LogP contribution in [0.3, 0.4) is 0 Å². The van der Waals surface area contributed by atoms with Gasteiger partial charge in [0, 0.05) is 6.61 Å². The van der Waals surface area contributed by atoms with Gasteiger partial charge in [0.15, 0.2) is 0 Å². The molecular formula is C21H42F2O. The van der Waals surface area contributed by atoms with Crippen LogP contribution in [0.15, 0.2) is 0 Å². The number of unbranched alkanes of at least 4 members (excludes halogenated alkanes) is 7. The Hall–Kier alpha value is -0.180. The van der Waals surface area contributed by atoms with Crippen molar-refractivity contribution < 1.29 is 13.5 Å². The van der Waals surface area contributed by atoms with Crippen molar-refractivity contribution >= 4 is 0 Å². The highest BCUT2D eigenvalue weighted by Crippen LogP contribution is 2.20. The molecular weight excluding hydrogens is 306 g/mol. The Kier molecular flexibility index (Phi) is 15.0. The van der Waals surface area contributed by atoms with Crippen LogP contribution in [0.1, 0.15) is 105 Å². The molecule has 3 heteroatoms. The van der Waals surface area contributed by atoms with Crippen molar-refractivity contribution in [3.05, 3.63) is 0 Å². The molecule has 0 heterocycles. The highest BCUT2D eigenvalue weighted by molar-refractivity contribution is 4.68. The third kappa shape index (κ3) is 16.7. The van der Waals surface area contributed by atoms with Gasteiger partial charge in [-0.3, -0.25) is 0 Å². The van der Waals surface area contributed by atoms with E-state index in [2.05, 4.69) is 27.7 Å². The molecule has 0 amide bonds. The molecule has 0 spiro atoms. The molecule has 0 aromatic heterocycles. The van der Waals surface area contributed by atoms with Crippen molar-refractivity contribution in [3.8, 4) is 0 Å². The van der Waals surface area contributed by atoms with Gasteiger partial charge < -0.3 is 4.74 Å². The molecule has 0 aromatic rings. The first-order valence-corrected chi connectivity index (χ1v) is 10.2. The average molecular weight is 349 g/mol. The third-order valence-corrected chi connectivity index (χ3v) is 4.63. The van der Waals surface area contributed by atoms with Gasteiger partial charge >= 0.3 is 0 Å². The minimum absolute atomic E-state index is 0.0133. The zero-order valence-corrected chi connectivity index (χ0v) is 16.7. The predicted molar refractivity (Wildman–Crippen MR) is 101 cm³/mol. The Morgan fingerprint density at radius 3 is 1.96 bits per heavy atom. The third-order valence-electron chi connectivity index (χ3n) is 4.63. The van der Waals surface area contributed by atoms with Crippen LogP contribution in [0.2, 0.25) is 0 Å². The van der Waals surface area contributed by atoms with Gasteiger partial charge in [-0.1, -0.05) is 71.6 Å². The first kappa shape index (κ1) is 23.8. The van der Waals surface area contributed by atoms with E-state index in [1.165, 1.54) is 32.1 Å². The van der Waals surface area contributed by atoms with Crippen LogP contribution in [0.4, 0.5) is 8.78 Å². The predicted octanol–water partition coefficient (Wildman–Crippen LogP) is 7.43. The fourth-order valence-corrected chi connectivity index (χ4v) is 2.95. The summed E-state index contributed by atoms with van der Waals surface area (Å²) in [6.07, 6.45) is 12.0. The zero-order valence-electron chi connectivity index (χ0n) is 16.7. The maximum absolute atomic E-state index is 12.7. The zero-order chi connectivity index (χ0) is 18.3. The number of alkyl halides is 2. The lowest BCUT2D eigenvalue weighted by molar-refractivity contribution is -0.0266. The molecule has 0 N–H and O–H groups in total. The number of halogens is 2. The summed E-state index contributed by atoms with van der Waals surface area (Å²) in [4.78, 5) is 0. The summed E-state index contributed by atoms with van der Waals surface area (Å²) in [7, 11) is 0. The van der Waals surface area contributed by atoms with E-state index in [9.17, 15) is 8.78 Å². The van der Waals surface area contributed by atoms with Crippen LogP contribution < -0.4 is 0 Å². The van der Waals surface area contributed by atoms with E-state index in [0.29, 0.717) is 6.42 Å². The lowest BCUT2D eigenvalue weighted by Gasteiger charge is -2.25. The quantitative estimate of drug-likeness (QED) is 0.248. The van der Waals surface area contributed by atoms with Gasteiger partial charge in [0.1, 0.15) is 12.8 Å². The van der Waals surface area contributed by atoms with Gasteiger partial charge in [-0.15, -0.1) is 0 Å². The number of ether oxygens (including phenoxy) is 1. The SMILES string of the molecule is CC(C)CCCCCCC(C)(C)OCCCCCCCC(F)CF. The molecule has 0 bridgehead atoms. The number of hydrogen-bond acceptors (Lipinski definition) is 1. The maximum atomic E-state index is 12.7. The summed E-state index contributed by atoms with van der Waals surface area (Å²) in [5, 5.41) is 0. The Labute approximate surface area is 149 Å². The summed E-state index contributed by atoms with van der Waals surface area (Å²) >= 11 is 0. The highest BCUT2D eigenvalue weighted by Gasteiger charge is 2.17. The second-order valence-electron chi connectivity index (χ2n) is 8.26. The highest BCUT2D eigenvalue weighted by atomic mass is 19.2. The molecule has 0 aliphatic carbocycles. The molecule has 0 fully saturated rings. The Balaban J connectivity index is 3.41. The second-order valence-corrected chi connectivity index (χ2v) is 8.26. The minimum atomic E-state index is -1.25.